The van der Waals surface area contributed by atoms with E-state index in [0.29, 0.717) is 22.3 Å². The third kappa shape index (κ3) is 3.35. The number of nitrogens with zero attached hydrogens (tertiary/aromatic N) is 2. The lowest BCUT2D eigenvalue weighted by atomic mass is 9.64. The number of carbonyl (C=O) groups excluding carboxylic acids is 3. The summed E-state index contributed by atoms with van der Waals surface area (Å²) in [7, 11) is 0. The van der Waals surface area contributed by atoms with Gasteiger partial charge in [-0.25, -0.2) is 0 Å². The first-order chi connectivity index (χ1) is 19.8. The zero-order chi connectivity index (χ0) is 28.5. The van der Waals surface area contributed by atoms with Crippen molar-refractivity contribution in [3.63, 3.8) is 0 Å². The van der Waals surface area contributed by atoms with Gasteiger partial charge in [0, 0.05) is 40.4 Å². The summed E-state index contributed by atoms with van der Waals surface area (Å²) in [5.41, 5.74) is 2.52. The molecule has 3 aliphatic rings. The lowest BCUT2D eigenvalue weighted by Gasteiger charge is -2.37. The molecule has 4 aromatic carbocycles. The summed E-state index contributed by atoms with van der Waals surface area (Å²) in [6, 6.07) is 25.8. The predicted octanol–water partition coefficient (Wildman–Crippen LogP) is 6.22. The van der Waals surface area contributed by atoms with Crippen LogP contribution in [0.15, 0.2) is 103 Å². The second kappa shape index (κ2) is 8.93. The van der Waals surface area contributed by atoms with Gasteiger partial charge in [-0.3, -0.25) is 24.5 Å². The minimum Gasteiger partial charge on any atom is -0.352 e. The molecule has 7 rings (SSSR count). The van der Waals surface area contributed by atoms with Crippen LogP contribution < -0.4 is 4.90 Å². The number of benzene rings is 4. The smallest absolute Gasteiger partial charge is 0.269 e. The van der Waals surface area contributed by atoms with Gasteiger partial charge in [0.25, 0.3) is 5.69 Å². The van der Waals surface area contributed by atoms with E-state index in [0.717, 1.165) is 16.8 Å². The Morgan fingerprint density at radius 2 is 1.49 bits per heavy atom. The van der Waals surface area contributed by atoms with Gasteiger partial charge in [0.2, 0.25) is 0 Å². The quantitative estimate of drug-likeness (QED) is 0.132. The number of hydrogen-bond donors (Lipinski definition) is 0. The molecule has 200 valence electrons. The fraction of sp³-hybridized carbons (Fsp3) is 0.147. The van der Waals surface area contributed by atoms with Crippen LogP contribution in [-0.2, 0) is 0 Å². The number of Topliss-reactive ketones (excluding diaryl/α,β-unsaturated/α-hetero) is 3. The van der Waals surface area contributed by atoms with Crippen molar-refractivity contribution in [1.29, 1.82) is 0 Å². The van der Waals surface area contributed by atoms with E-state index in [9.17, 15) is 24.5 Å². The van der Waals surface area contributed by atoms with Gasteiger partial charge in [0.1, 0.15) is 11.5 Å². The van der Waals surface area contributed by atoms with Crippen LogP contribution in [0.5, 0.6) is 0 Å². The number of non-ortho nitro benzene ring substituents is 1. The molecule has 1 fully saturated rings. The second-order valence-electron chi connectivity index (χ2n) is 10.8. The van der Waals surface area contributed by atoms with Gasteiger partial charge in [-0.15, -0.1) is 0 Å². The molecular formula is C34H24N2O5. The van der Waals surface area contributed by atoms with E-state index >= 15 is 0 Å². The van der Waals surface area contributed by atoms with E-state index in [1.54, 1.807) is 60.7 Å². The van der Waals surface area contributed by atoms with Crippen molar-refractivity contribution >= 4 is 34.8 Å². The highest BCUT2D eigenvalue weighted by molar-refractivity contribution is 6.32. The molecule has 0 saturated carbocycles. The summed E-state index contributed by atoms with van der Waals surface area (Å²) >= 11 is 0. The third-order valence-corrected chi connectivity index (χ3v) is 8.75. The molecule has 3 atom stereocenters. The summed E-state index contributed by atoms with van der Waals surface area (Å²) in [6.45, 7) is 1.96. The topological polar surface area (TPSA) is 97.6 Å². The van der Waals surface area contributed by atoms with Gasteiger partial charge in [0.05, 0.1) is 11.0 Å². The van der Waals surface area contributed by atoms with E-state index in [1.165, 1.54) is 12.1 Å². The number of anilines is 1. The number of ketones is 3. The Hall–Kier alpha value is -5.17. The molecule has 41 heavy (non-hydrogen) atoms. The van der Waals surface area contributed by atoms with E-state index in [1.807, 2.05) is 48.2 Å². The number of aryl methyl sites for hydroxylation is 1. The van der Waals surface area contributed by atoms with Gasteiger partial charge < -0.3 is 4.90 Å². The number of nitro benzene ring substituents is 1. The Labute approximate surface area is 235 Å². The Morgan fingerprint density at radius 3 is 2.12 bits per heavy atom. The summed E-state index contributed by atoms with van der Waals surface area (Å²) in [6.07, 6.45) is 3.79. The van der Waals surface area contributed by atoms with E-state index in [2.05, 4.69) is 0 Å². The highest BCUT2D eigenvalue weighted by Gasteiger charge is 2.71. The Balaban J connectivity index is 1.55. The van der Waals surface area contributed by atoms with Gasteiger partial charge >= 0.3 is 0 Å². The predicted molar refractivity (Wildman–Crippen MR) is 154 cm³/mol. The molecule has 0 bridgehead atoms. The normalized spacial score (nSPS) is 21.5. The minimum absolute atomic E-state index is 0.113. The fourth-order valence-electron chi connectivity index (χ4n) is 7.02. The number of nitro groups is 1. The van der Waals surface area contributed by atoms with Crippen molar-refractivity contribution in [2.24, 2.45) is 5.41 Å². The molecule has 7 nitrogen and oxygen atoms in total. The SMILES string of the molecule is Cc1ccc2c(c1)N1[C@@H](C(=O)c3ccccc3)[C@H](c3ccc([N+](=O)[O-])cc3)C3(C(=O)c4ccccc4C3=O)[C@H]1C=C2. The van der Waals surface area contributed by atoms with Gasteiger partial charge in [-0.05, 0) is 29.7 Å². The van der Waals surface area contributed by atoms with Crippen LogP contribution in [0.1, 0.15) is 53.7 Å². The van der Waals surface area contributed by atoms with Gasteiger partial charge in [-0.2, -0.15) is 0 Å². The first-order valence-corrected chi connectivity index (χ1v) is 13.4. The van der Waals surface area contributed by atoms with Gasteiger partial charge in [0.15, 0.2) is 17.3 Å². The van der Waals surface area contributed by atoms with Crippen LogP contribution in [0, 0.1) is 22.5 Å². The number of rotatable bonds is 4. The summed E-state index contributed by atoms with van der Waals surface area (Å²) < 4.78 is 0. The van der Waals surface area contributed by atoms with E-state index in [-0.39, 0.29) is 23.0 Å². The first kappa shape index (κ1) is 24.8. The maximum atomic E-state index is 14.6. The van der Waals surface area contributed by atoms with E-state index < -0.39 is 28.3 Å². The van der Waals surface area contributed by atoms with Crippen LogP contribution in [-0.4, -0.2) is 34.4 Å². The molecule has 1 saturated heterocycles. The van der Waals surface area contributed by atoms with Crippen molar-refractivity contribution in [3.8, 4) is 0 Å². The van der Waals surface area contributed by atoms with Crippen LogP contribution in [0.2, 0.25) is 0 Å². The van der Waals surface area contributed by atoms with Crippen molar-refractivity contribution in [2.75, 3.05) is 4.90 Å². The summed E-state index contributed by atoms with van der Waals surface area (Å²) in [4.78, 5) is 56.8. The Bertz CT molecular complexity index is 1770. The minimum atomic E-state index is -1.65. The molecule has 0 aromatic heterocycles. The van der Waals surface area contributed by atoms with Crippen molar-refractivity contribution < 1.29 is 19.3 Å². The monoisotopic (exact) mass is 540 g/mol. The standard InChI is InChI=1S/C34H24N2O5/c1-20-11-12-21-15-18-28-34(32(38)25-9-5-6-10-26(25)33(34)39)29(22-13-16-24(17-14-22)36(40)41)30(35(28)27(21)19-20)31(37)23-7-3-2-4-8-23/h2-19,28-30H,1H3/t28-,29+,30-/m1/s1. The molecule has 0 radical (unpaired) electrons. The molecule has 7 heteroatoms. The van der Waals surface area contributed by atoms with Crippen LogP contribution in [0.3, 0.4) is 0 Å². The molecule has 1 spiro atoms. The number of hydrogen-bond acceptors (Lipinski definition) is 6. The highest BCUT2D eigenvalue weighted by atomic mass is 16.6. The zero-order valence-electron chi connectivity index (χ0n) is 22.1. The van der Waals surface area contributed by atoms with Gasteiger partial charge in [-0.1, -0.05) is 91.0 Å². The molecule has 0 amide bonds. The first-order valence-electron chi connectivity index (χ1n) is 13.4. The Kier molecular flexibility index (Phi) is 5.41. The van der Waals surface area contributed by atoms with Crippen LogP contribution >= 0.6 is 0 Å². The molecule has 1 aliphatic carbocycles. The molecule has 0 N–H and O–H groups in total. The largest absolute Gasteiger partial charge is 0.352 e. The average molecular weight is 541 g/mol. The number of carbonyl (C=O) groups is 3. The van der Waals surface area contributed by atoms with E-state index in [4.69, 9.17) is 0 Å². The van der Waals surface area contributed by atoms with Crippen molar-refractivity contribution in [2.45, 2.75) is 24.9 Å². The highest BCUT2D eigenvalue weighted by Crippen LogP contribution is 2.61. The molecule has 2 aliphatic heterocycles. The van der Waals surface area contributed by atoms with Crippen LogP contribution in [0.25, 0.3) is 6.08 Å². The summed E-state index contributed by atoms with van der Waals surface area (Å²) in [5, 5.41) is 11.5. The molecule has 0 unspecified atom stereocenters. The summed E-state index contributed by atoms with van der Waals surface area (Å²) in [5.74, 6) is -1.80. The lowest BCUT2D eigenvalue weighted by Crippen LogP contribution is -2.48. The van der Waals surface area contributed by atoms with Crippen molar-refractivity contribution in [1.82, 2.24) is 0 Å². The molecular weight excluding hydrogens is 516 g/mol. The molecule has 4 aromatic rings. The second-order valence-corrected chi connectivity index (χ2v) is 10.8. The Morgan fingerprint density at radius 1 is 0.854 bits per heavy atom. The zero-order valence-corrected chi connectivity index (χ0v) is 22.1. The fourth-order valence-corrected chi connectivity index (χ4v) is 7.02. The third-order valence-electron chi connectivity index (χ3n) is 8.75. The number of fused-ring (bicyclic) bond motifs is 5. The molecule has 2 heterocycles. The lowest BCUT2D eigenvalue weighted by molar-refractivity contribution is -0.384. The maximum absolute atomic E-state index is 14.6. The maximum Gasteiger partial charge on any atom is 0.269 e. The van der Waals surface area contributed by atoms with Crippen LogP contribution in [0.4, 0.5) is 11.4 Å². The van der Waals surface area contributed by atoms with Crippen molar-refractivity contribution in [3.05, 3.63) is 147 Å². The average Bonchev–Trinajstić information content (AvgIpc) is 3.43.